The second-order valence-electron chi connectivity index (χ2n) is 6.50. The maximum absolute atomic E-state index is 12.5. The number of hydrogen-bond donors (Lipinski definition) is 0. The number of thioether (sulfide) groups is 1. The Kier molecular flexibility index (Phi) is 3.82. The molecule has 2 aromatic rings. The van der Waals surface area contributed by atoms with Crippen LogP contribution in [-0.4, -0.2) is 45.4 Å². The lowest BCUT2D eigenvalue weighted by Crippen LogP contribution is -2.33. The predicted molar refractivity (Wildman–Crippen MR) is 105 cm³/mol. The maximum atomic E-state index is 12.5. The lowest BCUT2D eigenvalue weighted by Gasteiger charge is -2.30. The Morgan fingerprint density at radius 1 is 1.00 bits per heavy atom. The second kappa shape index (κ2) is 6.35. The van der Waals surface area contributed by atoms with Crippen molar-refractivity contribution < 1.29 is 9.59 Å². The summed E-state index contributed by atoms with van der Waals surface area (Å²) in [5.41, 5.74) is 3.12. The molecule has 3 aliphatic rings. The highest BCUT2D eigenvalue weighted by Crippen LogP contribution is 2.40. The molecular formula is C20H16N4O2S. The molecule has 7 heteroatoms. The van der Waals surface area contributed by atoms with Gasteiger partial charge < -0.3 is 0 Å². The molecule has 3 aliphatic heterocycles. The van der Waals surface area contributed by atoms with Crippen molar-refractivity contribution in [3.63, 3.8) is 0 Å². The van der Waals surface area contributed by atoms with Gasteiger partial charge in [-0.05, 0) is 18.2 Å². The van der Waals surface area contributed by atoms with Crippen LogP contribution in [0.5, 0.6) is 0 Å². The number of amides is 2. The van der Waals surface area contributed by atoms with Crippen LogP contribution in [0.3, 0.4) is 0 Å². The van der Waals surface area contributed by atoms with Crippen LogP contribution in [0.1, 0.15) is 38.7 Å². The van der Waals surface area contributed by atoms with Crippen LogP contribution in [0.4, 0.5) is 5.69 Å². The van der Waals surface area contributed by atoms with Crippen molar-refractivity contribution in [3.05, 3.63) is 65.2 Å². The minimum absolute atomic E-state index is 0.181. The third kappa shape index (κ3) is 2.57. The Bertz CT molecular complexity index is 982. The van der Waals surface area contributed by atoms with Gasteiger partial charge in [-0.3, -0.25) is 14.5 Å². The summed E-state index contributed by atoms with van der Waals surface area (Å²) in [6.45, 7) is 0.347. The minimum Gasteiger partial charge on any atom is -0.273 e. The molecule has 0 radical (unpaired) electrons. The molecule has 0 aliphatic carbocycles. The first-order valence-corrected chi connectivity index (χ1v) is 9.80. The van der Waals surface area contributed by atoms with E-state index in [9.17, 15) is 9.59 Å². The van der Waals surface area contributed by atoms with Gasteiger partial charge in [0.1, 0.15) is 0 Å². The summed E-state index contributed by atoms with van der Waals surface area (Å²) in [4.78, 5) is 31.0. The summed E-state index contributed by atoms with van der Waals surface area (Å²) >= 11 is 1.52. The van der Waals surface area contributed by atoms with E-state index in [0.717, 1.165) is 17.3 Å². The van der Waals surface area contributed by atoms with Gasteiger partial charge in [-0.25, -0.2) is 10.0 Å². The molecule has 134 valence electrons. The molecule has 0 saturated heterocycles. The molecule has 0 spiro atoms. The number of carbonyl (C=O) groups is 2. The zero-order valence-corrected chi connectivity index (χ0v) is 15.2. The van der Waals surface area contributed by atoms with E-state index in [1.165, 1.54) is 22.2 Å². The standard InChI is InChI=1S/C20H16N4O2S/c25-18-13-5-1-2-6-14(13)19(26)23(18)11-12-27-20-22-16-8-4-3-7-15(16)17-9-10-21-24(17)20/h1-8,10,17H,9,11-12H2. The van der Waals surface area contributed by atoms with Crippen LogP contribution in [0, 0.1) is 0 Å². The number of hydrazone groups is 1. The van der Waals surface area contributed by atoms with Gasteiger partial charge in [-0.2, -0.15) is 5.10 Å². The van der Waals surface area contributed by atoms with Gasteiger partial charge >= 0.3 is 0 Å². The number of amidine groups is 1. The summed E-state index contributed by atoms with van der Waals surface area (Å²) < 4.78 is 0. The van der Waals surface area contributed by atoms with Crippen molar-refractivity contribution in [2.24, 2.45) is 10.1 Å². The fourth-order valence-electron chi connectivity index (χ4n) is 3.65. The van der Waals surface area contributed by atoms with Crippen molar-refractivity contribution in [2.45, 2.75) is 12.5 Å². The molecule has 1 atom stereocenters. The lowest BCUT2D eigenvalue weighted by atomic mass is 10.0. The van der Waals surface area contributed by atoms with E-state index < -0.39 is 0 Å². The normalized spacial score (nSPS) is 19.9. The first-order valence-electron chi connectivity index (χ1n) is 8.81. The number of fused-ring (bicyclic) bond motifs is 4. The molecule has 0 aromatic heterocycles. The fourth-order valence-corrected chi connectivity index (χ4v) is 4.58. The average Bonchev–Trinajstić information content (AvgIpc) is 3.28. The number of imide groups is 1. The summed E-state index contributed by atoms with van der Waals surface area (Å²) in [5, 5.41) is 7.21. The number of nitrogens with zero attached hydrogens (tertiary/aromatic N) is 4. The van der Waals surface area contributed by atoms with E-state index >= 15 is 0 Å². The summed E-state index contributed by atoms with van der Waals surface area (Å²) in [7, 11) is 0. The van der Waals surface area contributed by atoms with E-state index in [1.807, 2.05) is 29.4 Å². The van der Waals surface area contributed by atoms with Crippen LogP contribution in [0.25, 0.3) is 0 Å². The number of hydrogen-bond acceptors (Lipinski definition) is 6. The Morgan fingerprint density at radius 2 is 1.70 bits per heavy atom. The lowest BCUT2D eigenvalue weighted by molar-refractivity contribution is 0.0664. The third-order valence-corrected chi connectivity index (χ3v) is 5.89. The molecule has 0 saturated carbocycles. The fraction of sp³-hybridized carbons (Fsp3) is 0.200. The topological polar surface area (TPSA) is 65.3 Å². The van der Waals surface area contributed by atoms with Crippen LogP contribution in [0.2, 0.25) is 0 Å². The van der Waals surface area contributed by atoms with Gasteiger partial charge in [0.25, 0.3) is 11.8 Å². The molecule has 6 nitrogen and oxygen atoms in total. The highest BCUT2D eigenvalue weighted by atomic mass is 32.2. The van der Waals surface area contributed by atoms with E-state index in [1.54, 1.807) is 24.3 Å². The van der Waals surface area contributed by atoms with Crippen LogP contribution in [0.15, 0.2) is 58.6 Å². The monoisotopic (exact) mass is 376 g/mol. The summed E-state index contributed by atoms with van der Waals surface area (Å²) in [6, 6.07) is 15.2. The van der Waals surface area contributed by atoms with E-state index in [0.29, 0.717) is 23.4 Å². The molecule has 27 heavy (non-hydrogen) atoms. The van der Waals surface area contributed by atoms with Crippen LogP contribution >= 0.6 is 11.8 Å². The first kappa shape index (κ1) is 16.3. The number of aliphatic imine (C=N–C) groups is 1. The molecule has 0 bridgehead atoms. The second-order valence-corrected chi connectivity index (χ2v) is 7.57. The van der Waals surface area contributed by atoms with Gasteiger partial charge in [-0.1, -0.05) is 42.1 Å². The molecule has 1 unspecified atom stereocenters. The SMILES string of the molecule is O=C1c2ccccc2C(=O)N1CCSC1=Nc2ccccc2C2CC=NN12. The Labute approximate surface area is 160 Å². The Hall–Kier alpha value is -2.93. The van der Waals surface area contributed by atoms with E-state index in [4.69, 9.17) is 4.99 Å². The molecule has 2 aromatic carbocycles. The highest BCUT2D eigenvalue weighted by Gasteiger charge is 2.36. The molecular weight excluding hydrogens is 360 g/mol. The van der Waals surface area contributed by atoms with Gasteiger partial charge in [-0.15, -0.1) is 0 Å². The zero-order chi connectivity index (χ0) is 18.4. The molecule has 3 heterocycles. The van der Waals surface area contributed by atoms with Crippen molar-refractivity contribution in [1.82, 2.24) is 9.91 Å². The molecule has 0 N–H and O–H groups in total. The summed E-state index contributed by atoms with van der Waals surface area (Å²) in [6.07, 6.45) is 2.77. The smallest absolute Gasteiger partial charge is 0.261 e. The van der Waals surface area contributed by atoms with Crippen LogP contribution in [-0.2, 0) is 0 Å². The van der Waals surface area contributed by atoms with Crippen molar-refractivity contribution in [1.29, 1.82) is 0 Å². The highest BCUT2D eigenvalue weighted by molar-refractivity contribution is 8.13. The number of rotatable bonds is 3. The number of para-hydroxylation sites is 1. The minimum atomic E-state index is -0.218. The van der Waals surface area contributed by atoms with Crippen molar-refractivity contribution in [3.8, 4) is 0 Å². The van der Waals surface area contributed by atoms with E-state index in [-0.39, 0.29) is 17.9 Å². The van der Waals surface area contributed by atoms with Gasteiger partial charge in [0.2, 0.25) is 0 Å². The average molecular weight is 376 g/mol. The zero-order valence-electron chi connectivity index (χ0n) is 14.4. The first-order chi connectivity index (χ1) is 13.2. The van der Waals surface area contributed by atoms with E-state index in [2.05, 4.69) is 11.2 Å². The third-order valence-electron chi connectivity index (χ3n) is 4.96. The molecule has 0 fully saturated rings. The summed E-state index contributed by atoms with van der Waals surface area (Å²) in [5.74, 6) is 0.138. The van der Waals surface area contributed by atoms with Gasteiger partial charge in [0.15, 0.2) is 5.17 Å². The number of carbonyl (C=O) groups excluding carboxylic acids is 2. The van der Waals surface area contributed by atoms with Gasteiger partial charge in [0.05, 0.1) is 22.9 Å². The Morgan fingerprint density at radius 3 is 2.48 bits per heavy atom. The van der Waals surface area contributed by atoms with Crippen molar-refractivity contribution >= 4 is 40.6 Å². The maximum Gasteiger partial charge on any atom is 0.261 e. The van der Waals surface area contributed by atoms with Crippen molar-refractivity contribution in [2.75, 3.05) is 12.3 Å². The Balaban J connectivity index is 1.31. The largest absolute Gasteiger partial charge is 0.273 e. The molecule has 2 amide bonds. The van der Waals surface area contributed by atoms with Gasteiger partial charge in [0, 0.05) is 30.5 Å². The quantitative estimate of drug-likeness (QED) is 0.770. The molecule has 5 rings (SSSR count). The van der Waals surface area contributed by atoms with Crippen LogP contribution < -0.4 is 0 Å². The number of benzene rings is 2. The predicted octanol–water partition coefficient (Wildman–Crippen LogP) is 3.45.